The molecule has 0 bridgehead atoms. The predicted molar refractivity (Wildman–Crippen MR) is 74.8 cm³/mol. The molecule has 0 aromatic rings. The lowest BCUT2D eigenvalue weighted by atomic mass is 10.1. The summed E-state index contributed by atoms with van der Waals surface area (Å²) in [6.07, 6.45) is 11.8. The summed E-state index contributed by atoms with van der Waals surface area (Å²) in [5.41, 5.74) is 0. The van der Waals surface area contributed by atoms with Gasteiger partial charge in [-0.2, -0.15) is 0 Å². The van der Waals surface area contributed by atoms with Gasteiger partial charge >= 0.3 is 5.97 Å². The number of ketones is 1. The Morgan fingerprint density at radius 1 is 1.11 bits per heavy atom. The molecule has 19 heavy (non-hydrogen) atoms. The van der Waals surface area contributed by atoms with Crippen LogP contribution in [0, 0.1) is 0 Å². The number of hydrogen-bond acceptors (Lipinski definition) is 3. The van der Waals surface area contributed by atoms with Crippen molar-refractivity contribution in [2.45, 2.75) is 45.1 Å². The fourth-order valence-electron chi connectivity index (χ4n) is 1.37. The van der Waals surface area contributed by atoms with E-state index in [1.54, 1.807) is 30.4 Å². The molecule has 0 rings (SSSR count). The second-order valence-corrected chi connectivity index (χ2v) is 4.20. The zero-order chi connectivity index (χ0) is 14.5. The maximum atomic E-state index is 11.3. The molecule has 0 aromatic carbocycles. The van der Waals surface area contributed by atoms with Crippen molar-refractivity contribution in [2.75, 3.05) is 0 Å². The largest absolute Gasteiger partial charge is 0.481 e. The summed E-state index contributed by atoms with van der Waals surface area (Å²) in [4.78, 5) is 21.5. The number of carboxylic acid groups (broad SMARTS) is 1. The lowest BCUT2D eigenvalue weighted by Crippen LogP contribution is -1.99. The van der Waals surface area contributed by atoms with Gasteiger partial charge in [0.1, 0.15) is 0 Å². The van der Waals surface area contributed by atoms with Gasteiger partial charge in [-0.15, -0.1) is 0 Å². The molecular formula is C15H22O4. The SMILES string of the molecule is CCCC(O)C=CC=CC=CC(=O)CCCC(=O)O. The molecule has 0 saturated carbocycles. The Hall–Kier alpha value is -1.68. The van der Waals surface area contributed by atoms with Crippen LogP contribution < -0.4 is 0 Å². The van der Waals surface area contributed by atoms with Gasteiger partial charge in [0, 0.05) is 12.8 Å². The summed E-state index contributed by atoms with van der Waals surface area (Å²) in [5, 5.41) is 17.8. The van der Waals surface area contributed by atoms with Crippen LogP contribution in [0.1, 0.15) is 39.0 Å². The van der Waals surface area contributed by atoms with Crippen molar-refractivity contribution in [1.29, 1.82) is 0 Å². The summed E-state index contributed by atoms with van der Waals surface area (Å²) in [6, 6.07) is 0. The monoisotopic (exact) mass is 266 g/mol. The van der Waals surface area contributed by atoms with Crippen molar-refractivity contribution in [3.8, 4) is 0 Å². The maximum absolute atomic E-state index is 11.3. The Labute approximate surface area is 114 Å². The topological polar surface area (TPSA) is 74.6 Å². The minimum absolute atomic E-state index is 0.0213. The molecule has 0 fully saturated rings. The van der Waals surface area contributed by atoms with Crippen LogP contribution in [-0.2, 0) is 9.59 Å². The molecule has 0 saturated heterocycles. The molecule has 0 aliphatic heterocycles. The average Bonchev–Trinajstić information content (AvgIpc) is 2.33. The van der Waals surface area contributed by atoms with Crippen LogP contribution in [0.2, 0.25) is 0 Å². The van der Waals surface area contributed by atoms with E-state index in [1.165, 1.54) is 6.08 Å². The highest BCUT2D eigenvalue weighted by Crippen LogP contribution is 1.99. The van der Waals surface area contributed by atoms with Crippen molar-refractivity contribution in [3.63, 3.8) is 0 Å². The van der Waals surface area contributed by atoms with Crippen LogP contribution in [0.15, 0.2) is 36.5 Å². The summed E-state index contributed by atoms with van der Waals surface area (Å²) in [6.45, 7) is 2.01. The fourth-order valence-corrected chi connectivity index (χ4v) is 1.37. The quantitative estimate of drug-likeness (QED) is 0.471. The standard InChI is InChI=1S/C15H22O4/c1-2-8-13(16)9-5-3-4-6-10-14(17)11-7-12-15(18)19/h3-6,9-10,13,16H,2,7-8,11-12H2,1H3,(H,18,19). The molecule has 1 unspecified atom stereocenters. The molecule has 0 spiro atoms. The summed E-state index contributed by atoms with van der Waals surface area (Å²) >= 11 is 0. The highest BCUT2D eigenvalue weighted by atomic mass is 16.4. The number of aliphatic hydroxyl groups excluding tert-OH is 1. The Morgan fingerprint density at radius 2 is 1.79 bits per heavy atom. The van der Waals surface area contributed by atoms with E-state index in [4.69, 9.17) is 5.11 Å². The number of aliphatic hydroxyl groups is 1. The maximum Gasteiger partial charge on any atom is 0.303 e. The molecule has 4 nitrogen and oxygen atoms in total. The zero-order valence-corrected chi connectivity index (χ0v) is 11.3. The van der Waals surface area contributed by atoms with Crippen LogP contribution >= 0.6 is 0 Å². The van der Waals surface area contributed by atoms with Gasteiger partial charge in [-0.1, -0.05) is 43.7 Å². The van der Waals surface area contributed by atoms with Crippen molar-refractivity contribution >= 4 is 11.8 Å². The number of allylic oxidation sites excluding steroid dienone is 5. The third-order valence-electron chi connectivity index (χ3n) is 2.35. The number of carbonyl (C=O) groups excluding carboxylic acids is 1. The lowest BCUT2D eigenvalue weighted by molar-refractivity contribution is -0.137. The number of rotatable bonds is 10. The van der Waals surface area contributed by atoms with Crippen LogP contribution in [-0.4, -0.2) is 28.1 Å². The van der Waals surface area contributed by atoms with E-state index in [1.807, 2.05) is 6.92 Å². The van der Waals surface area contributed by atoms with E-state index < -0.39 is 12.1 Å². The van der Waals surface area contributed by atoms with Gasteiger partial charge in [0.2, 0.25) is 0 Å². The van der Waals surface area contributed by atoms with Crippen LogP contribution in [0.5, 0.6) is 0 Å². The minimum atomic E-state index is -0.882. The van der Waals surface area contributed by atoms with Crippen molar-refractivity contribution < 1.29 is 19.8 Å². The van der Waals surface area contributed by atoms with Crippen LogP contribution in [0.3, 0.4) is 0 Å². The smallest absolute Gasteiger partial charge is 0.303 e. The molecule has 0 radical (unpaired) electrons. The molecule has 0 aliphatic carbocycles. The first-order chi connectivity index (χ1) is 9.06. The molecule has 0 heterocycles. The van der Waals surface area contributed by atoms with E-state index >= 15 is 0 Å². The molecule has 2 N–H and O–H groups in total. The van der Waals surface area contributed by atoms with Crippen LogP contribution in [0.4, 0.5) is 0 Å². The third-order valence-corrected chi connectivity index (χ3v) is 2.35. The lowest BCUT2D eigenvalue weighted by Gasteiger charge is -1.99. The number of carboxylic acids is 1. The molecule has 106 valence electrons. The normalized spacial score (nSPS) is 13.6. The summed E-state index contributed by atoms with van der Waals surface area (Å²) in [5.74, 6) is -0.964. The molecule has 0 aliphatic rings. The highest BCUT2D eigenvalue weighted by molar-refractivity contribution is 5.90. The Morgan fingerprint density at radius 3 is 2.42 bits per heavy atom. The van der Waals surface area contributed by atoms with Crippen molar-refractivity contribution in [2.24, 2.45) is 0 Å². The fraction of sp³-hybridized carbons (Fsp3) is 0.467. The van der Waals surface area contributed by atoms with Gasteiger partial charge in [0.25, 0.3) is 0 Å². The zero-order valence-electron chi connectivity index (χ0n) is 11.3. The second kappa shape index (κ2) is 11.4. The van der Waals surface area contributed by atoms with E-state index in [9.17, 15) is 14.7 Å². The van der Waals surface area contributed by atoms with E-state index in [2.05, 4.69) is 0 Å². The van der Waals surface area contributed by atoms with Gasteiger partial charge in [-0.25, -0.2) is 0 Å². The van der Waals surface area contributed by atoms with Gasteiger partial charge in [-0.3, -0.25) is 9.59 Å². The van der Waals surface area contributed by atoms with Crippen LogP contribution in [0.25, 0.3) is 0 Å². The number of hydrogen-bond donors (Lipinski definition) is 2. The van der Waals surface area contributed by atoms with Gasteiger partial charge in [0.15, 0.2) is 5.78 Å². The predicted octanol–water partition coefficient (Wildman–Crippen LogP) is 2.64. The van der Waals surface area contributed by atoms with E-state index in [0.29, 0.717) is 6.42 Å². The summed E-state index contributed by atoms with van der Waals surface area (Å²) in [7, 11) is 0. The van der Waals surface area contributed by atoms with Crippen molar-refractivity contribution in [3.05, 3.63) is 36.5 Å². The second-order valence-electron chi connectivity index (χ2n) is 4.20. The minimum Gasteiger partial charge on any atom is -0.481 e. The van der Waals surface area contributed by atoms with Gasteiger partial charge in [0.05, 0.1) is 6.10 Å². The summed E-state index contributed by atoms with van der Waals surface area (Å²) < 4.78 is 0. The van der Waals surface area contributed by atoms with Crippen molar-refractivity contribution in [1.82, 2.24) is 0 Å². The molecule has 0 amide bonds. The first-order valence-electron chi connectivity index (χ1n) is 6.50. The van der Waals surface area contributed by atoms with E-state index in [-0.39, 0.29) is 18.6 Å². The number of carbonyl (C=O) groups is 2. The van der Waals surface area contributed by atoms with E-state index in [0.717, 1.165) is 12.8 Å². The highest BCUT2D eigenvalue weighted by Gasteiger charge is 1.99. The first-order valence-corrected chi connectivity index (χ1v) is 6.50. The average molecular weight is 266 g/mol. The van der Waals surface area contributed by atoms with Gasteiger partial charge in [-0.05, 0) is 18.9 Å². The number of aliphatic carboxylic acids is 1. The molecular weight excluding hydrogens is 244 g/mol. The Bertz CT molecular complexity index is 353. The molecule has 0 aromatic heterocycles. The Balaban J connectivity index is 3.82. The Kier molecular flexibility index (Phi) is 10.4. The molecule has 1 atom stereocenters. The first kappa shape index (κ1) is 17.3. The van der Waals surface area contributed by atoms with Gasteiger partial charge < -0.3 is 10.2 Å². The molecule has 4 heteroatoms. The third kappa shape index (κ3) is 12.6.